The Kier molecular flexibility index (Phi) is 4.01. The van der Waals surface area contributed by atoms with Gasteiger partial charge in [0.15, 0.2) is 0 Å². The number of hydrogen-bond acceptors (Lipinski definition) is 5. The molecule has 1 aliphatic rings. The zero-order valence-electron chi connectivity index (χ0n) is 14.3. The molecule has 0 saturated carbocycles. The summed E-state index contributed by atoms with van der Waals surface area (Å²) < 4.78 is 0. The van der Waals surface area contributed by atoms with Crippen LogP contribution in [0.5, 0.6) is 0 Å². The Morgan fingerprint density at radius 2 is 1.96 bits per heavy atom. The molecule has 1 saturated heterocycles. The van der Waals surface area contributed by atoms with Gasteiger partial charge < -0.3 is 15.7 Å². The molecule has 4 rings (SSSR count). The van der Waals surface area contributed by atoms with Crippen LogP contribution in [-0.2, 0) is 0 Å². The molecule has 2 aromatic carbocycles. The number of anilines is 2. The first-order chi connectivity index (χ1) is 12.1. The molecule has 5 heteroatoms. The third kappa shape index (κ3) is 3.03. The third-order valence-electron chi connectivity index (χ3n) is 5.06. The van der Waals surface area contributed by atoms with E-state index in [0.29, 0.717) is 18.3 Å². The number of benzene rings is 2. The van der Waals surface area contributed by atoms with E-state index in [1.165, 1.54) is 16.3 Å². The highest BCUT2D eigenvalue weighted by molar-refractivity contribution is 5.83. The van der Waals surface area contributed by atoms with Gasteiger partial charge in [-0.15, -0.1) is 0 Å². The van der Waals surface area contributed by atoms with E-state index in [4.69, 9.17) is 5.73 Å². The van der Waals surface area contributed by atoms with Crippen LogP contribution in [0.25, 0.3) is 10.8 Å². The molecule has 5 nitrogen and oxygen atoms in total. The zero-order valence-corrected chi connectivity index (χ0v) is 14.3. The lowest BCUT2D eigenvalue weighted by atomic mass is 9.86. The number of β-amino-alcohol motifs (C(OH)–C–C–N with tert-alkyl or cyclic N) is 1. The average molecular weight is 334 g/mol. The monoisotopic (exact) mass is 334 g/mol. The predicted molar refractivity (Wildman–Crippen MR) is 101 cm³/mol. The number of hydrogen-bond donors (Lipinski definition) is 2. The van der Waals surface area contributed by atoms with Gasteiger partial charge in [0.1, 0.15) is 5.82 Å². The van der Waals surface area contributed by atoms with Gasteiger partial charge in [0, 0.05) is 30.8 Å². The summed E-state index contributed by atoms with van der Waals surface area (Å²) in [4.78, 5) is 10.7. The molecule has 2 atom stereocenters. The Morgan fingerprint density at radius 1 is 1.16 bits per heavy atom. The fourth-order valence-electron chi connectivity index (χ4n) is 3.54. The van der Waals surface area contributed by atoms with Gasteiger partial charge in [0.2, 0.25) is 5.95 Å². The van der Waals surface area contributed by atoms with Crippen molar-refractivity contribution in [3.8, 4) is 0 Å². The Bertz CT molecular complexity index is 911. The normalized spacial score (nSPS) is 20.8. The SMILES string of the molecule is Cc1cnc(N2CC[C@@H](c3ccc4ccccc4c3)[C@H](O)C2)nc1N. The number of nitrogen functional groups attached to an aromatic ring is 1. The van der Waals surface area contributed by atoms with Crippen molar-refractivity contribution in [2.45, 2.75) is 25.4 Å². The summed E-state index contributed by atoms with van der Waals surface area (Å²) in [5, 5.41) is 13.2. The highest BCUT2D eigenvalue weighted by atomic mass is 16.3. The van der Waals surface area contributed by atoms with Crippen LogP contribution in [0.1, 0.15) is 23.5 Å². The van der Waals surface area contributed by atoms with Gasteiger partial charge in [-0.3, -0.25) is 0 Å². The molecule has 0 aliphatic carbocycles. The quantitative estimate of drug-likeness (QED) is 0.754. The van der Waals surface area contributed by atoms with Crippen LogP contribution in [0.2, 0.25) is 0 Å². The highest BCUT2D eigenvalue weighted by Gasteiger charge is 2.30. The minimum Gasteiger partial charge on any atom is -0.391 e. The number of rotatable bonds is 2. The summed E-state index contributed by atoms with van der Waals surface area (Å²) in [6.07, 6.45) is 2.14. The number of nitrogens with zero attached hydrogens (tertiary/aromatic N) is 3. The lowest BCUT2D eigenvalue weighted by Gasteiger charge is -2.36. The highest BCUT2D eigenvalue weighted by Crippen LogP contribution is 2.31. The van der Waals surface area contributed by atoms with E-state index in [-0.39, 0.29) is 5.92 Å². The molecule has 2 heterocycles. The number of nitrogens with two attached hydrogens (primary N) is 1. The van der Waals surface area contributed by atoms with E-state index in [1.54, 1.807) is 6.20 Å². The first-order valence-corrected chi connectivity index (χ1v) is 8.62. The van der Waals surface area contributed by atoms with E-state index in [2.05, 4.69) is 40.3 Å². The molecule has 0 amide bonds. The van der Waals surface area contributed by atoms with Gasteiger partial charge in [0.25, 0.3) is 0 Å². The van der Waals surface area contributed by atoms with Crippen LogP contribution in [0.15, 0.2) is 48.7 Å². The Labute approximate surface area is 147 Å². The lowest BCUT2D eigenvalue weighted by Crippen LogP contribution is -2.43. The van der Waals surface area contributed by atoms with Crippen molar-refractivity contribution in [3.05, 3.63) is 59.8 Å². The Hall–Kier alpha value is -2.66. The van der Waals surface area contributed by atoms with Crippen LogP contribution < -0.4 is 10.6 Å². The summed E-state index contributed by atoms with van der Waals surface area (Å²) >= 11 is 0. The smallest absolute Gasteiger partial charge is 0.227 e. The molecule has 0 unspecified atom stereocenters. The maximum Gasteiger partial charge on any atom is 0.227 e. The summed E-state index contributed by atoms with van der Waals surface area (Å²) in [7, 11) is 0. The maximum absolute atomic E-state index is 10.7. The van der Waals surface area contributed by atoms with E-state index >= 15 is 0 Å². The van der Waals surface area contributed by atoms with E-state index < -0.39 is 6.10 Å². The first kappa shape index (κ1) is 15.8. The molecule has 1 aliphatic heterocycles. The molecule has 0 radical (unpaired) electrons. The van der Waals surface area contributed by atoms with Crippen LogP contribution in [-0.4, -0.2) is 34.3 Å². The van der Waals surface area contributed by atoms with E-state index in [0.717, 1.165) is 18.5 Å². The predicted octanol–water partition coefficient (Wildman–Crippen LogP) is 2.88. The molecule has 1 fully saturated rings. The standard InChI is InChI=1S/C20H22N4O/c1-13-11-22-20(23-19(13)21)24-9-8-17(18(25)12-24)16-7-6-14-4-2-3-5-15(14)10-16/h2-7,10-11,17-18,25H,8-9,12H2,1H3,(H2,21,22,23)/t17-,18+/m0/s1. The molecular weight excluding hydrogens is 312 g/mol. The number of aryl methyl sites for hydroxylation is 1. The Balaban J connectivity index is 1.55. The first-order valence-electron chi connectivity index (χ1n) is 8.62. The summed E-state index contributed by atoms with van der Waals surface area (Å²) in [5.41, 5.74) is 7.95. The molecular formula is C20H22N4O. The van der Waals surface area contributed by atoms with Crippen molar-refractivity contribution in [1.82, 2.24) is 9.97 Å². The van der Waals surface area contributed by atoms with Crippen LogP contribution in [0.4, 0.5) is 11.8 Å². The van der Waals surface area contributed by atoms with Gasteiger partial charge in [-0.05, 0) is 29.7 Å². The third-order valence-corrected chi connectivity index (χ3v) is 5.06. The number of fused-ring (bicyclic) bond motifs is 1. The summed E-state index contributed by atoms with van der Waals surface area (Å²) in [6, 6.07) is 14.8. The van der Waals surface area contributed by atoms with Crippen molar-refractivity contribution in [1.29, 1.82) is 0 Å². The number of aliphatic hydroxyl groups excluding tert-OH is 1. The van der Waals surface area contributed by atoms with Gasteiger partial charge >= 0.3 is 0 Å². The largest absolute Gasteiger partial charge is 0.391 e. The van der Waals surface area contributed by atoms with Gasteiger partial charge in [-0.25, -0.2) is 4.98 Å². The molecule has 3 N–H and O–H groups in total. The molecule has 0 spiro atoms. The number of aliphatic hydroxyl groups is 1. The minimum atomic E-state index is -0.457. The van der Waals surface area contributed by atoms with Crippen molar-refractivity contribution >= 4 is 22.5 Å². The van der Waals surface area contributed by atoms with Crippen LogP contribution >= 0.6 is 0 Å². The zero-order chi connectivity index (χ0) is 17.4. The molecule has 0 bridgehead atoms. The maximum atomic E-state index is 10.7. The lowest BCUT2D eigenvalue weighted by molar-refractivity contribution is 0.129. The average Bonchev–Trinajstić information content (AvgIpc) is 2.63. The van der Waals surface area contributed by atoms with Crippen LogP contribution in [0.3, 0.4) is 0 Å². The fraction of sp³-hybridized carbons (Fsp3) is 0.300. The second-order valence-corrected chi connectivity index (χ2v) is 6.75. The fourth-order valence-corrected chi connectivity index (χ4v) is 3.54. The van der Waals surface area contributed by atoms with Crippen molar-refractivity contribution < 1.29 is 5.11 Å². The van der Waals surface area contributed by atoms with Gasteiger partial charge in [-0.1, -0.05) is 42.5 Å². The molecule has 25 heavy (non-hydrogen) atoms. The van der Waals surface area contributed by atoms with E-state index in [9.17, 15) is 5.11 Å². The Morgan fingerprint density at radius 3 is 2.72 bits per heavy atom. The van der Waals surface area contributed by atoms with Gasteiger partial charge in [-0.2, -0.15) is 4.98 Å². The molecule has 1 aromatic heterocycles. The number of aromatic nitrogens is 2. The second-order valence-electron chi connectivity index (χ2n) is 6.75. The van der Waals surface area contributed by atoms with Crippen molar-refractivity contribution in [3.63, 3.8) is 0 Å². The summed E-state index contributed by atoms with van der Waals surface area (Å²) in [5.74, 6) is 1.22. The van der Waals surface area contributed by atoms with E-state index in [1.807, 2.05) is 24.0 Å². The molecule has 3 aromatic rings. The number of piperidine rings is 1. The topological polar surface area (TPSA) is 75.3 Å². The molecule has 128 valence electrons. The second kappa shape index (κ2) is 6.33. The van der Waals surface area contributed by atoms with Crippen molar-refractivity contribution in [2.75, 3.05) is 23.7 Å². The van der Waals surface area contributed by atoms with Crippen LogP contribution in [0, 0.1) is 6.92 Å². The minimum absolute atomic E-state index is 0.128. The van der Waals surface area contributed by atoms with Crippen molar-refractivity contribution in [2.24, 2.45) is 0 Å². The summed E-state index contributed by atoms with van der Waals surface area (Å²) in [6.45, 7) is 3.21. The van der Waals surface area contributed by atoms with Gasteiger partial charge in [0.05, 0.1) is 6.10 Å².